The topological polar surface area (TPSA) is 81.9 Å². The van der Waals surface area contributed by atoms with Gasteiger partial charge in [0.25, 0.3) is 0 Å². The fraction of sp³-hybridized carbons (Fsp3) is 0.143. The largest absolute Gasteiger partial charge is 0.399 e. The van der Waals surface area contributed by atoms with E-state index in [0.717, 1.165) is 11.5 Å². The molecule has 2 rings (SSSR count). The molecule has 0 bridgehead atoms. The van der Waals surface area contributed by atoms with Crippen molar-refractivity contribution < 1.29 is 0 Å². The molecule has 0 saturated heterocycles. The van der Waals surface area contributed by atoms with E-state index in [9.17, 15) is 0 Å². The Labute approximate surface area is 80.1 Å². The summed E-state index contributed by atoms with van der Waals surface area (Å²) in [5, 5.41) is 2.98. The van der Waals surface area contributed by atoms with E-state index >= 15 is 0 Å². The number of nitrogen functional groups attached to an aromatic ring is 1. The molecule has 1 aromatic heterocycles. The minimum atomic E-state index is 0.414. The van der Waals surface area contributed by atoms with Crippen LogP contribution in [-0.2, 0) is 6.54 Å². The van der Waals surface area contributed by atoms with Crippen LogP contribution in [0.5, 0.6) is 0 Å². The molecule has 1 aromatic rings. The Balaban J connectivity index is 2.59. The van der Waals surface area contributed by atoms with Gasteiger partial charge in [0.2, 0.25) is 4.77 Å². The third-order valence-corrected chi connectivity index (χ3v) is 2.09. The van der Waals surface area contributed by atoms with Gasteiger partial charge in [-0.3, -0.25) is 4.57 Å². The zero-order chi connectivity index (χ0) is 9.42. The van der Waals surface area contributed by atoms with Crippen molar-refractivity contribution >= 4 is 23.9 Å². The molecule has 5 nitrogen and oxygen atoms in total. The molecule has 0 spiro atoms. The van der Waals surface area contributed by atoms with Gasteiger partial charge in [-0.1, -0.05) is 0 Å². The van der Waals surface area contributed by atoms with Gasteiger partial charge in [0, 0.05) is 18.0 Å². The second kappa shape index (κ2) is 2.74. The van der Waals surface area contributed by atoms with E-state index in [4.69, 9.17) is 23.7 Å². The number of nitrogens with one attached hydrogen (secondary N) is 1. The van der Waals surface area contributed by atoms with Crippen LogP contribution in [0.25, 0.3) is 0 Å². The number of aromatic nitrogens is 2. The summed E-state index contributed by atoms with van der Waals surface area (Å²) in [4.78, 5) is 3.95. The van der Waals surface area contributed by atoms with Crippen LogP contribution >= 0.6 is 12.2 Å². The molecule has 5 N–H and O–H groups in total. The molecule has 0 aromatic carbocycles. The van der Waals surface area contributed by atoms with Crippen LogP contribution in [0.15, 0.2) is 18.0 Å². The van der Waals surface area contributed by atoms with Crippen molar-refractivity contribution in [2.75, 3.05) is 11.1 Å². The molecule has 0 amide bonds. The molecular weight excluding hydrogens is 186 g/mol. The molecule has 0 unspecified atom stereocenters. The monoisotopic (exact) mass is 195 g/mol. The average molecular weight is 195 g/mol. The summed E-state index contributed by atoms with van der Waals surface area (Å²) in [5.41, 5.74) is 11.9. The Kier molecular flexibility index (Phi) is 1.70. The van der Waals surface area contributed by atoms with E-state index in [-0.39, 0.29) is 0 Å². The SMILES string of the molecule is NC1=CNc2cc(N)nc(=S)n2C1. The highest BCUT2D eigenvalue weighted by atomic mass is 32.1. The minimum absolute atomic E-state index is 0.414. The Bertz CT molecular complexity index is 433. The highest BCUT2D eigenvalue weighted by molar-refractivity contribution is 7.71. The van der Waals surface area contributed by atoms with Crippen molar-refractivity contribution in [2.24, 2.45) is 5.73 Å². The third-order valence-electron chi connectivity index (χ3n) is 1.78. The number of hydrogen-bond acceptors (Lipinski definition) is 5. The first-order valence-corrected chi connectivity index (χ1v) is 4.16. The van der Waals surface area contributed by atoms with Gasteiger partial charge in [0.15, 0.2) is 0 Å². The van der Waals surface area contributed by atoms with Gasteiger partial charge in [0.1, 0.15) is 11.6 Å². The molecule has 2 heterocycles. The summed E-state index contributed by atoms with van der Waals surface area (Å²) in [6.45, 7) is 0.564. The lowest BCUT2D eigenvalue weighted by Crippen LogP contribution is -2.20. The van der Waals surface area contributed by atoms with Crippen LogP contribution in [0.4, 0.5) is 11.6 Å². The predicted octanol–water partition coefficient (Wildman–Crippen LogP) is 0.420. The zero-order valence-corrected chi connectivity index (χ0v) is 7.64. The summed E-state index contributed by atoms with van der Waals surface area (Å²) in [6.07, 6.45) is 1.73. The third kappa shape index (κ3) is 1.35. The van der Waals surface area contributed by atoms with Gasteiger partial charge in [-0.15, -0.1) is 0 Å². The van der Waals surface area contributed by atoms with E-state index < -0.39 is 0 Å². The maximum atomic E-state index is 5.63. The molecule has 6 heteroatoms. The van der Waals surface area contributed by atoms with Crippen molar-refractivity contribution in [3.05, 3.63) is 22.7 Å². The number of nitrogens with two attached hydrogens (primary N) is 2. The molecule has 1 aliphatic heterocycles. The summed E-state index contributed by atoms with van der Waals surface area (Å²) in [7, 11) is 0. The van der Waals surface area contributed by atoms with Gasteiger partial charge < -0.3 is 16.8 Å². The fourth-order valence-corrected chi connectivity index (χ4v) is 1.46. The van der Waals surface area contributed by atoms with Gasteiger partial charge >= 0.3 is 0 Å². The quantitative estimate of drug-likeness (QED) is 0.523. The lowest BCUT2D eigenvalue weighted by atomic mass is 10.4. The van der Waals surface area contributed by atoms with Crippen LogP contribution in [-0.4, -0.2) is 9.55 Å². The average Bonchev–Trinajstić information content (AvgIpc) is 2.06. The highest BCUT2D eigenvalue weighted by Crippen LogP contribution is 2.16. The first-order chi connectivity index (χ1) is 6.16. The minimum Gasteiger partial charge on any atom is -0.399 e. The number of anilines is 2. The fourth-order valence-electron chi connectivity index (χ4n) is 1.19. The van der Waals surface area contributed by atoms with Crippen molar-refractivity contribution in [1.29, 1.82) is 0 Å². The molecule has 1 aliphatic rings. The second-order valence-electron chi connectivity index (χ2n) is 2.80. The summed E-state index contributed by atoms with van der Waals surface area (Å²) < 4.78 is 2.24. The highest BCUT2D eigenvalue weighted by Gasteiger charge is 2.08. The standard InChI is InChI=1S/C7H9N5S/c8-4-2-10-6-1-5(9)11-7(13)12(6)3-4/h1-2,10H,3,8H2,(H2,9,11,13). The molecular formula is C7H9N5S. The zero-order valence-electron chi connectivity index (χ0n) is 6.82. The Hall–Kier alpha value is -1.56. The van der Waals surface area contributed by atoms with E-state index in [0.29, 0.717) is 17.1 Å². The maximum Gasteiger partial charge on any atom is 0.203 e. The molecule has 0 saturated carbocycles. The Morgan fingerprint density at radius 1 is 1.54 bits per heavy atom. The lowest BCUT2D eigenvalue weighted by molar-refractivity contribution is 0.728. The van der Waals surface area contributed by atoms with E-state index in [1.807, 2.05) is 0 Å². The van der Waals surface area contributed by atoms with Crippen molar-refractivity contribution in [3.63, 3.8) is 0 Å². The Morgan fingerprint density at radius 3 is 3.08 bits per heavy atom. The van der Waals surface area contributed by atoms with Crippen molar-refractivity contribution in [2.45, 2.75) is 6.54 Å². The van der Waals surface area contributed by atoms with E-state index in [1.54, 1.807) is 16.8 Å². The van der Waals surface area contributed by atoms with Gasteiger partial charge in [0.05, 0.1) is 6.54 Å². The molecule has 0 atom stereocenters. The van der Waals surface area contributed by atoms with E-state index in [1.165, 1.54) is 0 Å². The molecule has 13 heavy (non-hydrogen) atoms. The van der Waals surface area contributed by atoms with Crippen LogP contribution in [0.3, 0.4) is 0 Å². The summed E-state index contributed by atoms with van der Waals surface area (Å²) >= 11 is 5.03. The Morgan fingerprint density at radius 2 is 2.31 bits per heavy atom. The number of rotatable bonds is 0. The van der Waals surface area contributed by atoms with Crippen molar-refractivity contribution in [3.8, 4) is 0 Å². The van der Waals surface area contributed by atoms with Crippen LogP contribution in [0.2, 0.25) is 0 Å². The summed E-state index contributed by atoms with van der Waals surface area (Å²) in [6, 6.07) is 1.72. The van der Waals surface area contributed by atoms with Crippen LogP contribution in [0.1, 0.15) is 0 Å². The number of hydrogen-bond donors (Lipinski definition) is 3. The van der Waals surface area contributed by atoms with Gasteiger partial charge in [-0.05, 0) is 12.2 Å². The van der Waals surface area contributed by atoms with Crippen LogP contribution in [0, 0.1) is 4.77 Å². The molecule has 0 fully saturated rings. The number of allylic oxidation sites excluding steroid dienone is 1. The smallest absolute Gasteiger partial charge is 0.203 e. The van der Waals surface area contributed by atoms with Crippen LogP contribution < -0.4 is 16.8 Å². The molecule has 0 aliphatic carbocycles. The lowest BCUT2D eigenvalue weighted by Gasteiger charge is -2.18. The number of nitrogens with zero attached hydrogens (tertiary/aromatic N) is 2. The van der Waals surface area contributed by atoms with Gasteiger partial charge in [-0.25, -0.2) is 4.98 Å². The molecule has 68 valence electrons. The van der Waals surface area contributed by atoms with Gasteiger partial charge in [-0.2, -0.15) is 0 Å². The number of fused-ring (bicyclic) bond motifs is 1. The normalized spacial score (nSPS) is 14.3. The maximum absolute atomic E-state index is 5.63. The molecule has 0 radical (unpaired) electrons. The van der Waals surface area contributed by atoms with Crippen molar-refractivity contribution in [1.82, 2.24) is 9.55 Å². The first kappa shape index (κ1) is 8.06. The first-order valence-electron chi connectivity index (χ1n) is 3.75. The second-order valence-corrected chi connectivity index (χ2v) is 3.16. The predicted molar refractivity (Wildman–Crippen MR) is 53.4 cm³/mol. The van der Waals surface area contributed by atoms with E-state index in [2.05, 4.69) is 10.3 Å². The summed E-state index contributed by atoms with van der Waals surface area (Å²) in [5.74, 6) is 1.24.